The van der Waals surface area contributed by atoms with Gasteiger partial charge < -0.3 is 4.57 Å². The molecule has 0 saturated carbocycles. The minimum atomic E-state index is 0.440. The van der Waals surface area contributed by atoms with E-state index in [0.717, 1.165) is 6.54 Å². The SMILES string of the molecule is CCC(C)SC(Cn1ccnc1)c1cccc2ccccc12. The Bertz CT molecular complexity index is 716. The summed E-state index contributed by atoms with van der Waals surface area (Å²) in [6.07, 6.45) is 7.01. The molecule has 3 aromatic rings. The Morgan fingerprint density at radius 3 is 2.73 bits per heavy atom. The molecule has 2 aromatic carbocycles. The molecular formula is C19H22N2S. The third-order valence-electron chi connectivity index (χ3n) is 4.08. The Balaban J connectivity index is 1.99. The van der Waals surface area contributed by atoms with Crippen molar-refractivity contribution in [3.63, 3.8) is 0 Å². The lowest BCUT2D eigenvalue weighted by atomic mass is 10.0. The second-order valence-electron chi connectivity index (χ2n) is 5.67. The molecule has 0 saturated heterocycles. The highest BCUT2D eigenvalue weighted by Crippen LogP contribution is 2.38. The molecule has 0 amide bonds. The van der Waals surface area contributed by atoms with Crippen LogP contribution in [-0.2, 0) is 6.54 Å². The molecule has 114 valence electrons. The summed E-state index contributed by atoms with van der Waals surface area (Å²) >= 11 is 2.06. The molecule has 0 aliphatic heterocycles. The monoisotopic (exact) mass is 310 g/mol. The second-order valence-corrected chi connectivity index (χ2v) is 7.32. The minimum Gasteiger partial charge on any atom is -0.336 e. The molecule has 2 unspecified atom stereocenters. The van der Waals surface area contributed by atoms with Crippen LogP contribution < -0.4 is 0 Å². The summed E-state index contributed by atoms with van der Waals surface area (Å²) in [5.74, 6) is 0. The van der Waals surface area contributed by atoms with Crippen LogP contribution in [0.3, 0.4) is 0 Å². The standard InChI is InChI=1S/C19H22N2S/c1-3-15(2)22-19(13-21-12-11-20-14-21)18-10-6-8-16-7-4-5-9-17(16)18/h4-12,14-15,19H,3,13H2,1-2H3. The maximum absolute atomic E-state index is 4.18. The summed E-state index contributed by atoms with van der Waals surface area (Å²) in [5, 5.41) is 3.77. The number of fused-ring (bicyclic) bond motifs is 1. The van der Waals surface area contributed by atoms with E-state index < -0.39 is 0 Å². The van der Waals surface area contributed by atoms with Crippen LogP contribution in [0, 0.1) is 0 Å². The molecule has 2 nitrogen and oxygen atoms in total. The van der Waals surface area contributed by atoms with Crippen molar-refractivity contribution in [3.05, 3.63) is 66.7 Å². The van der Waals surface area contributed by atoms with Crippen LogP contribution in [0.15, 0.2) is 61.2 Å². The van der Waals surface area contributed by atoms with Gasteiger partial charge in [-0.05, 0) is 22.8 Å². The first-order chi connectivity index (χ1) is 10.8. The van der Waals surface area contributed by atoms with Gasteiger partial charge in [0.1, 0.15) is 0 Å². The number of imidazole rings is 1. The fourth-order valence-electron chi connectivity index (χ4n) is 2.71. The lowest BCUT2D eigenvalue weighted by molar-refractivity contribution is 0.682. The van der Waals surface area contributed by atoms with E-state index in [2.05, 4.69) is 83.8 Å². The highest BCUT2D eigenvalue weighted by Gasteiger charge is 2.18. The van der Waals surface area contributed by atoms with Crippen LogP contribution in [-0.4, -0.2) is 14.8 Å². The predicted octanol–water partition coefficient (Wildman–Crippen LogP) is 5.31. The smallest absolute Gasteiger partial charge is 0.0946 e. The average Bonchev–Trinajstić information content (AvgIpc) is 3.06. The first-order valence-corrected chi connectivity index (χ1v) is 8.81. The van der Waals surface area contributed by atoms with Crippen LogP contribution in [0.4, 0.5) is 0 Å². The largest absolute Gasteiger partial charge is 0.336 e. The Labute approximate surface area is 136 Å². The number of rotatable bonds is 6. The van der Waals surface area contributed by atoms with Gasteiger partial charge in [0.15, 0.2) is 0 Å². The molecule has 3 heteroatoms. The molecule has 0 aliphatic carbocycles. The molecule has 0 radical (unpaired) electrons. The number of thioether (sulfide) groups is 1. The fourth-order valence-corrected chi connectivity index (χ4v) is 4.07. The van der Waals surface area contributed by atoms with Gasteiger partial charge in [-0.3, -0.25) is 0 Å². The fraction of sp³-hybridized carbons (Fsp3) is 0.316. The molecule has 0 bridgehead atoms. The molecule has 3 rings (SSSR count). The van der Waals surface area contributed by atoms with Gasteiger partial charge in [-0.25, -0.2) is 4.98 Å². The van der Waals surface area contributed by atoms with Crippen molar-refractivity contribution in [1.29, 1.82) is 0 Å². The Morgan fingerprint density at radius 2 is 1.95 bits per heavy atom. The number of hydrogen-bond acceptors (Lipinski definition) is 2. The summed E-state index contributed by atoms with van der Waals surface area (Å²) in [6, 6.07) is 15.3. The maximum atomic E-state index is 4.18. The minimum absolute atomic E-state index is 0.440. The molecule has 0 N–H and O–H groups in total. The normalized spacial score (nSPS) is 14.1. The molecule has 1 aromatic heterocycles. The molecule has 0 fully saturated rings. The van der Waals surface area contributed by atoms with E-state index in [-0.39, 0.29) is 0 Å². The van der Waals surface area contributed by atoms with E-state index in [9.17, 15) is 0 Å². The first kappa shape index (κ1) is 15.2. The Morgan fingerprint density at radius 1 is 1.14 bits per heavy atom. The number of aromatic nitrogens is 2. The highest BCUT2D eigenvalue weighted by atomic mass is 32.2. The molecule has 22 heavy (non-hydrogen) atoms. The van der Waals surface area contributed by atoms with Gasteiger partial charge in [0, 0.05) is 29.4 Å². The molecule has 1 heterocycles. The maximum Gasteiger partial charge on any atom is 0.0946 e. The lowest BCUT2D eigenvalue weighted by Gasteiger charge is -2.22. The molecular weight excluding hydrogens is 288 g/mol. The van der Waals surface area contributed by atoms with E-state index in [4.69, 9.17) is 0 Å². The van der Waals surface area contributed by atoms with Crippen molar-refractivity contribution < 1.29 is 0 Å². The van der Waals surface area contributed by atoms with Gasteiger partial charge in [0.05, 0.1) is 6.33 Å². The van der Waals surface area contributed by atoms with Crippen molar-refractivity contribution >= 4 is 22.5 Å². The molecule has 0 spiro atoms. The third-order valence-corrected chi connectivity index (χ3v) is 5.61. The average molecular weight is 310 g/mol. The van der Waals surface area contributed by atoms with Crippen LogP contribution in [0.2, 0.25) is 0 Å². The van der Waals surface area contributed by atoms with Crippen LogP contribution in [0.1, 0.15) is 31.1 Å². The molecule has 0 aliphatic rings. The van der Waals surface area contributed by atoms with Crippen molar-refractivity contribution in [1.82, 2.24) is 9.55 Å². The third kappa shape index (κ3) is 3.36. The summed E-state index contributed by atoms with van der Waals surface area (Å²) in [7, 11) is 0. The highest BCUT2D eigenvalue weighted by molar-refractivity contribution is 8.00. The first-order valence-electron chi connectivity index (χ1n) is 7.86. The van der Waals surface area contributed by atoms with Gasteiger partial charge >= 0.3 is 0 Å². The number of benzene rings is 2. The van der Waals surface area contributed by atoms with Gasteiger partial charge in [-0.2, -0.15) is 0 Å². The van der Waals surface area contributed by atoms with Crippen molar-refractivity contribution in [2.24, 2.45) is 0 Å². The summed E-state index contributed by atoms with van der Waals surface area (Å²) in [6.45, 7) is 5.54. The zero-order chi connectivity index (χ0) is 15.4. The van der Waals surface area contributed by atoms with Crippen molar-refractivity contribution in [2.75, 3.05) is 0 Å². The van der Waals surface area contributed by atoms with Crippen LogP contribution in [0.5, 0.6) is 0 Å². The van der Waals surface area contributed by atoms with Crippen molar-refractivity contribution in [3.8, 4) is 0 Å². The van der Waals surface area contributed by atoms with Gasteiger partial charge in [0.2, 0.25) is 0 Å². The van der Waals surface area contributed by atoms with Gasteiger partial charge in [-0.15, -0.1) is 11.8 Å². The van der Waals surface area contributed by atoms with Gasteiger partial charge in [0.25, 0.3) is 0 Å². The van der Waals surface area contributed by atoms with E-state index in [1.807, 2.05) is 12.5 Å². The van der Waals surface area contributed by atoms with Gasteiger partial charge in [-0.1, -0.05) is 56.3 Å². The zero-order valence-electron chi connectivity index (χ0n) is 13.1. The summed E-state index contributed by atoms with van der Waals surface area (Å²) in [4.78, 5) is 4.18. The Hall–Kier alpha value is -1.74. The van der Waals surface area contributed by atoms with E-state index in [1.54, 1.807) is 0 Å². The van der Waals surface area contributed by atoms with E-state index >= 15 is 0 Å². The van der Waals surface area contributed by atoms with Crippen LogP contribution >= 0.6 is 11.8 Å². The summed E-state index contributed by atoms with van der Waals surface area (Å²) in [5.41, 5.74) is 1.43. The second kappa shape index (κ2) is 7.01. The van der Waals surface area contributed by atoms with Crippen molar-refractivity contribution in [2.45, 2.75) is 37.3 Å². The summed E-state index contributed by atoms with van der Waals surface area (Å²) < 4.78 is 2.18. The number of nitrogens with zero attached hydrogens (tertiary/aromatic N) is 2. The van der Waals surface area contributed by atoms with E-state index in [0.29, 0.717) is 10.5 Å². The lowest BCUT2D eigenvalue weighted by Crippen LogP contribution is -2.09. The number of hydrogen-bond donors (Lipinski definition) is 0. The quantitative estimate of drug-likeness (QED) is 0.614. The topological polar surface area (TPSA) is 17.8 Å². The molecule has 2 atom stereocenters. The Kier molecular flexibility index (Phi) is 4.84. The predicted molar refractivity (Wildman–Crippen MR) is 96.3 cm³/mol. The zero-order valence-corrected chi connectivity index (χ0v) is 14.0. The van der Waals surface area contributed by atoms with Crippen LogP contribution in [0.25, 0.3) is 10.8 Å². The van der Waals surface area contributed by atoms with E-state index in [1.165, 1.54) is 22.8 Å².